The molecule has 2 atom stereocenters. The second-order valence-corrected chi connectivity index (χ2v) is 5.30. The van der Waals surface area contributed by atoms with E-state index in [1.807, 2.05) is 25.5 Å². The molecule has 1 aromatic rings. The first-order chi connectivity index (χ1) is 7.42. The number of pyridine rings is 1. The van der Waals surface area contributed by atoms with Crippen LogP contribution in [0.3, 0.4) is 0 Å². The maximum Gasteiger partial charge on any atom is 0.0453 e. The number of aromatic nitrogens is 1. The van der Waals surface area contributed by atoms with Crippen molar-refractivity contribution in [3.8, 4) is 0 Å². The Bertz CT molecular complexity index is 283. The zero-order valence-corrected chi connectivity index (χ0v) is 9.96. The molecule has 0 radical (unpaired) electrons. The Morgan fingerprint density at radius 2 is 2.47 bits per heavy atom. The van der Waals surface area contributed by atoms with E-state index < -0.39 is 0 Å². The molecule has 82 valence electrons. The third-order valence-corrected chi connectivity index (χ3v) is 4.40. The molecule has 1 N–H and O–H groups in total. The van der Waals surface area contributed by atoms with Crippen molar-refractivity contribution in [1.29, 1.82) is 0 Å². The molecule has 2 nitrogen and oxygen atoms in total. The summed E-state index contributed by atoms with van der Waals surface area (Å²) in [5, 5.41) is 4.14. The minimum atomic E-state index is 0.462. The quantitative estimate of drug-likeness (QED) is 0.851. The highest BCUT2D eigenvalue weighted by Gasteiger charge is 2.24. The summed E-state index contributed by atoms with van der Waals surface area (Å²) in [6.45, 7) is 0. The predicted octanol–water partition coefficient (Wildman–Crippen LogP) is 2.63. The van der Waals surface area contributed by atoms with Gasteiger partial charge in [-0.25, -0.2) is 0 Å². The number of hydrogen-bond acceptors (Lipinski definition) is 3. The number of nitrogens with one attached hydrogen (secondary N) is 1. The van der Waals surface area contributed by atoms with E-state index in [9.17, 15) is 0 Å². The van der Waals surface area contributed by atoms with Crippen molar-refractivity contribution in [3.05, 3.63) is 30.1 Å². The monoisotopic (exact) mass is 222 g/mol. The van der Waals surface area contributed by atoms with Gasteiger partial charge in [-0.2, -0.15) is 11.8 Å². The van der Waals surface area contributed by atoms with E-state index in [0.717, 1.165) is 0 Å². The van der Waals surface area contributed by atoms with E-state index in [4.69, 9.17) is 0 Å². The Labute approximate surface area is 95.9 Å². The van der Waals surface area contributed by atoms with Gasteiger partial charge in [0.1, 0.15) is 0 Å². The van der Waals surface area contributed by atoms with Crippen LogP contribution in [-0.2, 0) is 0 Å². The highest BCUT2D eigenvalue weighted by atomic mass is 32.2. The minimum absolute atomic E-state index is 0.462. The number of rotatable bonds is 3. The molecule has 1 aliphatic rings. The number of hydrogen-bond donors (Lipinski definition) is 1. The van der Waals surface area contributed by atoms with Gasteiger partial charge in [0.2, 0.25) is 0 Å². The Morgan fingerprint density at radius 3 is 3.07 bits per heavy atom. The first kappa shape index (κ1) is 11.0. The van der Waals surface area contributed by atoms with Gasteiger partial charge in [0.05, 0.1) is 0 Å². The van der Waals surface area contributed by atoms with Crippen LogP contribution in [0, 0.1) is 0 Å². The zero-order chi connectivity index (χ0) is 10.5. The van der Waals surface area contributed by atoms with Crippen molar-refractivity contribution in [1.82, 2.24) is 10.3 Å². The van der Waals surface area contributed by atoms with Gasteiger partial charge in [-0.1, -0.05) is 12.5 Å². The molecule has 1 aliphatic heterocycles. The lowest BCUT2D eigenvalue weighted by Gasteiger charge is -2.29. The topological polar surface area (TPSA) is 24.9 Å². The summed E-state index contributed by atoms with van der Waals surface area (Å²) >= 11 is 2.10. The second kappa shape index (κ2) is 5.52. The van der Waals surface area contributed by atoms with E-state index in [2.05, 4.69) is 28.1 Å². The van der Waals surface area contributed by atoms with Crippen LogP contribution in [0.1, 0.15) is 30.9 Å². The normalized spacial score (nSPS) is 23.7. The fourth-order valence-corrected chi connectivity index (χ4v) is 3.65. The molecule has 2 heterocycles. The van der Waals surface area contributed by atoms with E-state index in [-0.39, 0.29) is 0 Å². The summed E-state index contributed by atoms with van der Waals surface area (Å²) < 4.78 is 0. The summed E-state index contributed by atoms with van der Waals surface area (Å²) in [6, 6.07) is 4.65. The molecule has 2 rings (SSSR count). The summed E-state index contributed by atoms with van der Waals surface area (Å²) in [5.41, 5.74) is 1.32. The van der Waals surface area contributed by atoms with Crippen molar-refractivity contribution < 1.29 is 0 Å². The van der Waals surface area contributed by atoms with Gasteiger partial charge in [0, 0.05) is 23.7 Å². The van der Waals surface area contributed by atoms with Gasteiger partial charge in [0.25, 0.3) is 0 Å². The average molecular weight is 222 g/mol. The van der Waals surface area contributed by atoms with Crippen LogP contribution in [0.2, 0.25) is 0 Å². The van der Waals surface area contributed by atoms with E-state index in [1.54, 1.807) is 0 Å². The van der Waals surface area contributed by atoms with E-state index >= 15 is 0 Å². The van der Waals surface area contributed by atoms with Crippen molar-refractivity contribution in [3.63, 3.8) is 0 Å². The van der Waals surface area contributed by atoms with E-state index in [1.165, 1.54) is 30.6 Å². The molecule has 0 aromatic carbocycles. The van der Waals surface area contributed by atoms with Crippen LogP contribution in [0.5, 0.6) is 0 Å². The van der Waals surface area contributed by atoms with Crippen molar-refractivity contribution >= 4 is 11.8 Å². The lowest BCUT2D eigenvalue weighted by atomic mass is 10.0. The maximum atomic E-state index is 4.20. The van der Waals surface area contributed by atoms with Gasteiger partial charge in [-0.15, -0.1) is 0 Å². The summed E-state index contributed by atoms with van der Waals surface area (Å²) in [4.78, 5) is 4.20. The largest absolute Gasteiger partial charge is 0.312 e. The number of nitrogens with zero attached hydrogens (tertiary/aromatic N) is 1. The molecular formula is C12H18N2S. The smallest absolute Gasteiger partial charge is 0.0453 e. The zero-order valence-electron chi connectivity index (χ0n) is 9.15. The van der Waals surface area contributed by atoms with E-state index in [0.29, 0.717) is 11.3 Å². The van der Waals surface area contributed by atoms with Gasteiger partial charge < -0.3 is 5.32 Å². The molecule has 0 saturated carbocycles. The van der Waals surface area contributed by atoms with Crippen molar-refractivity contribution in [2.24, 2.45) is 0 Å². The predicted molar refractivity (Wildman–Crippen MR) is 66.1 cm³/mol. The maximum absolute atomic E-state index is 4.20. The summed E-state index contributed by atoms with van der Waals surface area (Å²) in [5.74, 6) is 1.31. The fourth-order valence-electron chi connectivity index (χ4n) is 2.16. The summed E-state index contributed by atoms with van der Waals surface area (Å²) in [7, 11) is 2.05. The van der Waals surface area contributed by atoms with Crippen LogP contribution in [0.25, 0.3) is 0 Å². The Morgan fingerprint density at radius 1 is 1.53 bits per heavy atom. The van der Waals surface area contributed by atoms with Crippen LogP contribution in [0.4, 0.5) is 0 Å². The third kappa shape index (κ3) is 2.73. The molecule has 0 amide bonds. The lowest BCUT2D eigenvalue weighted by molar-refractivity contribution is 0.515. The van der Waals surface area contributed by atoms with Crippen LogP contribution in [0.15, 0.2) is 24.5 Å². The van der Waals surface area contributed by atoms with Gasteiger partial charge in [0.15, 0.2) is 0 Å². The first-order valence-corrected chi connectivity index (χ1v) is 6.65. The van der Waals surface area contributed by atoms with Crippen molar-refractivity contribution in [2.75, 3.05) is 12.8 Å². The Hall–Kier alpha value is -0.540. The average Bonchev–Trinajstić information content (AvgIpc) is 2.33. The molecule has 15 heavy (non-hydrogen) atoms. The third-order valence-electron chi connectivity index (χ3n) is 2.94. The standard InChI is InChI=1S/C12H18N2S/c1-13-12(10-5-4-7-14-9-10)11-6-2-3-8-15-11/h4-5,7,9,11-13H,2-3,6,8H2,1H3. The minimum Gasteiger partial charge on any atom is -0.312 e. The Balaban J connectivity index is 2.09. The molecular weight excluding hydrogens is 204 g/mol. The highest BCUT2D eigenvalue weighted by Crippen LogP contribution is 2.34. The lowest BCUT2D eigenvalue weighted by Crippen LogP contribution is -2.29. The number of thioether (sulfide) groups is 1. The molecule has 1 saturated heterocycles. The Kier molecular flexibility index (Phi) is 4.03. The fraction of sp³-hybridized carbons (Fsp3) is 0.583. The molecule has 3 heteroatoms. The first-order valence-electron chi connectivity index (χ1n) is 5.60. The van der Waals surface area contributed by atoms with Crippen LogP contribution < -0.4 is 5.32 Å². The molecule has 0 bridgehead atoms. The van der Waals surface area contributed by atoms with Gasteiger partial charge in [-0.3, -0.25) is 4.98 Å². The SMILES string of the molecule is CNC(c1cccnc1)C1CCCCS1. The molecule has 1 fully saturated rings. The van der Waals surface area contributed by atoms with Gasteiger partial charge >= 0.3 is 0 Å². The van der Waals surface area contributed by atoms with Crippen LogP contribution in [-0.4, -0.2) is 23.0 Å². The molecule has 1 aromatic heterocycles. The molecule has 0 spiro atoms. The van der Waals surface area contributed by atoms with Crippen molar-refractivity contribution in [2.45, 2.75) is 30.6 Å². The molecule has 0 aliphatic carbocycles. The highest BCUT2D eigenvalue weighted by molar-refractivity contribution is 8.00. The van der Waals surface area contributed by atoms with Gasteiger partial charge in [-0.05, 0) is 37.3 Å². The molecule has 2 unspecified atom stereocenters. The second-order valence-electron chi connectivity index (χ2n) is 3.96. The summed E-state index contributed by atoms with van der Waals surface area (Å²) in [6.07, 6.45) is 7.90. The van der Waals surface area contributed by atoms with Crippen LogP contribution >= 0.6 is 11.8 Å².